The number of nitrogens with two attached hydrogens (primary N) is 1. The minimum Gasteiger partial charge on any atom is -0.466 e. The zero-order valence-corrected chi connectivity index (χ0v) is 23.7. The minimum absolute atomic E-state index is 0.0168. The van der Waals surface area contributed by atoms with Gasteiger partial charge in [0.25, 0.3) is 5.91 Å². The van der Waals surface area contributed by atoms with Gasteiger partial charge in [-0.15, -0.1) is 0 Å². The first-order valence-electron chi connectivity index (χ1n) is 13.5. The summed E-state index contributed by atoms with van der Waals surface area (Å²) in [6.07, 6.45) is 1.19. The summed E-state index contributed by atoms with van der Waals surface area (Å²) in [5.41, 5.74) is 6.99. The molecule has 0 spiro atoms. The molecule has 1 amide bonds. The van der Waals surface area contributed by atoms with Crippen LogP contribution in [0.4, 0.5) is 5.69 Å². The molecule has 11 nitrogen and oxygen atoms in total. The van der Waals surface area contributed by atoms with Crippen LogP contribution >= 0.6 is 0 Å². The number of piperidine rings is 1. The largest absolute Gasteiger partial charge is 0.466 e. The van der Waals surface area contributed by atoms with Crippen LogP contribution in [0.1, 0.15) is 41.6 Å². The third-order valence-electron chi connectivity index (χ3n) is 7.31. The van der Waals surface area contributed by atoms with Gasteiger partial charge in [-0.1, -0.05) is 42.5 Å². The topological polar surface area (TPSA) is 152 Å². The van der Waals surface area contributed by atoms with Crippen LogP contribution in [-0.2, 0) is 28.6 Å². The number of hydrogen-bond donors (Lipinski definition) is 1. The summed E-state index contributed by atoms with van der Waals surface area (Å²) < 4.78 is 15.4. The van der Waals surface area contributed by atoms with E-state index < -0.39 is 29.7 Å². The van der Waals surface area contributed by atoms with Crippen molar-refractivity contribution in [3.63, 3.8) is 0 Å². The molecule has 0 radical (unpaired) electrons. The molecule has 1 saturated heterocycles. The number of nitrogens with zero attached hydrogens (tertiary/aromatic N) is 3. The summed E-state index contributed by atoms with van der Waals surface area (Å²) in [6, 6.07) is 17.1. The number of allylic oxidation sites excluding steroid dienone is 1. The van der Waals surface area contributed by atoms with Crippen LogP contribution in [0, 0.1) is 17.2 Å². The lowest BCUT2D eigenvalue weighted by Crippen LogP contribution is -2.44. The summed E-state index contributed by atoms with van der Waals surface area (Å²) in [5, 5.41) is 10.3. The van der Waals surface area contributed by atoms with Crippen molar-refractivity contribution < 1.29 is 33.4 Å². The number of carbonyl (C=O) groups excluding carboxylic acids is 4. The number of para-hydroxylation sites is 1. The van der Waals surface area contributed by atoms with E-state index >= 15 is 0 Å². The molecular formula is C31H32N4O7. The molecule has 0 aliphatic carbocycles. The van der Waals surface area contributed by atoms with Crippen molar-refractivity contribution in [1.29, 1.82) is 5.26 Å². The van der Waals surface area contributed by atoms with Crippen molar-refractivity contribution in [2.24, 2.45) is 11.7 Å². The molecule has 2 heterocycles. The third kappa shape index (κ3) is 5.56. The Hall–Kier alpha value is -5.11. The number of hydrogen-bond acceptors (Lipinski definition) is 10. The first kappa shape index (κ1) is 29.9. The number of benzene rings is 2. The molecule has 42 heavy (non-hydrogen) atoms. The predicted octanol–water partition coefficient (Wildman–Crippen LogP) is 3.00. The molecule has 2 aromatic carbocycles. The summed E-state index contributed by atoms with van der Waals surface area (Å²) in [6.45, 7) is 2.53. The Labute approximate surface area is 243 Å². The van der Waals surface area contributed by atoms with Gasteiger partial charge in [-0.2, -0.15) is 5.26 Å². The Morgan fingerprint density at radius 3 is 2.31 bits per heavy atom. The average Bonchev–Trinajstić information content (AvgIpc) is 3.03. The molecule has 218 valence electrons. The Bertz CT molecular complexity index is 1490. The highest BCUT2D eigenvalue weighted by atomic mass is 16.5. The van der Waals surface area contributed by atoms with Gasteiger partial charge >= 0.3 is 17.9 Å². The van der Waals surface area contributed by atoms with Gasteiger partial charge in [0.15, 0.2) is 0 Å². The summed E-state index contributed by atoms with van der Waals surface area (Å²) in [5.74, 6) is -4.23. The van der Waals surface area contributed by atoms with E-state index in [1.54, 1.807) is 66.4 Å². The van der Waals surface area contributed by atoms with Crippen LogP contribution in [0.15, 0.2) is 77.3 Å². The van der Waals surface area contributed by atoms with E-state index in [2.05, 4.69) is 6.07 Å². The van der Waals surface area contributed by atoms with Crippen LogP contribution in [0.3, 0.4) is 0 Å². The number of anilines is 1. The van der Waals surface area contributed by atoms with Crippen molar-refractivity contribution in [2.75, 3.05) is 38.8 Å². The maximum atomic E-state index is 14.0. The van der Waals surface area contributed by atoms with Gasteiger partial charge in [0.2, 0.25) is 0 Å². The fourth-order valence-electron chi connectivity index (χ4n) is 5.40. The van der Waals surface area contributed by atoms with Crippen LogP contribution in [0.2, 0.25) is 0 Å². The second-order valence-corrected chi connectivity index (χ2v) is 9.69. The predicted molar refractivity (Wildman–Crippen MR) is 151 cm³/mol. The van der Waals surface area contributed by atoms with Crippen LogP contribution in [0.5, 0.6) is 0 Å². The van der Waals surface area contributed by atoms with Gasteiger partial charge in [-0.05, 0) is 37.5 Å². The van der Waals surface area contributed by atoms with Gasteiger partial charge in [0.1, 0.15) is 11.5 Å². The van der Waals surface area contributed by atoms with E-state index in [1.807, 2.05) is 0 Å². The molecule has 0 bridgehead atoms. The van der Waals surface area contributed by atoms with Crippen LogP contribution in [-0.4, -0.2) is 62.6 Å². The number of carbonyl (C=O) groups is 4. The van der Waals surface area contributed by atoms with Crippen molar-refractivity contribution in [3.05, 3.63) is 88.4 Å². The molecule has 4 rings (SSSR count). The molecule has 11 heteroatoms. The number of likely N-dealkylation sites (tertiary alicyclic amines) is 1. The number of amides is 1. The van der Waals surface area contributed by atoms with Gasteiger partial charge < -0.3 is 24.8 Å². The first-order valence-corrected chi connectivity index (χ1v) is 13.5. The van der Waals surface area contributed by atoms with Crippen molar-refractivity contribution in [2.45, 2.75) is 25.7 Å². The van der Waals surface area contributed by atoms with E-state index in [1.165, 1.54) is 4.90 Å². The number of rotatable bonds is 7. The second kappa shape index (κ2) is 13.0. The highest BCUT2D eigenvalue weighted by Crippen LogP contribution is 2.44. The standard InChI is InChI=1S/C31H32N4O7/c1-4-42-29(37)20-13-10-16-34(18-20)28(36)21-14-8-9-15-23(21)35-26(31(39)41-3)25(30(38)40-2)24(22(17-32)27(35)33)19-11-6-5-7-12-19/h5-9,11-12,14-15,20,24H,4,10,13,16,18,33H2,1-3H3. The lowest BCUT2D eigenvalue weighted by Gasteiger charge is -2.37. The van der Waals surface area contributed by atoms with Gasteiger partial charge in [-0.3, -0.25) is 14.5 Å². The zero-order chi connectivity index (χ0) is 30.4. The maximum absolute atomic E-state index is 14.0. The zero-order valence-electron chi connectivity index (χ0n) is 23.7. The fourth-order valence-corrected chi connectivity index (χ4v) is 5.40. The molecule has 2 atom stereocenters. The molecule has 2 N–H and O–H groups in total. The van der Waals surface area contributed by atoms with Gasteiger partial charge in [0, 0.05) is 13.1 Å². The third-order valence-corrected chi connectivity index (χ3v) is 7.31. The van der Waals surface area contributed by atoms with E-state index in [0.717, 1.165) is 14.2 Å². The lowest BCUT2D eigenvalue weighted by molar-refractivity contribution is -0.149. The van der Waals surface area contributed by atoms with Gasteiger partial charge in [-0.25, -0.2) is 9.59 Å². The molecule has 0 aromatic heterocycles. The summed E-state index contributed by atoms with van der Waals surface area (Å²) in [4.78, 5) is 55.9. The molecular weight excluding hydrogens is 540 g/mol. The van der Waals surface area contributed by atoms with E-state index in [4.69, 9.17) is 19.9 Å². The van der Waals surface area contributed by atoms with Crippen LogP contribution < -0.4 is 10.6 Å². The molecule has 2 aromatic rings. The first-order chi connectivity index (χ1) is 20.3. The number of esters is 3. The number of nitriles is 1. The summed E-state index contributed by atoms with van der Waals surface area (Å²) >= 11 is 0. The van der Waals surface area contributed by atoms with E-state index in [0.29, 0.717) is 24.9 Å². The Morgan fingerprint density at radius 2 is 1.67 bits per heavy atom. The van der Waals surface area contributed by atoms with Crippen molar-refractivity contribution >= 4 is 29.5 Å². The normalized spacial score (nSPS) is 18.7. The molecule has 2 aliphatic heterocycles. The van der Waals surface area contributed by atoms with Gasteiger partial charge in [0.05, 0.1) is 61.1 Å². The van der Waals surface area contributed by atoms with Crippen LogP contribution in [0.25, 0.3) is 0 Å². The Morgan fingerprint density at radius 1 is 1.00 bits per heavy atom. The Kier molecular flexibility index (Phi) is 9.27. The SMILES string of the molecule is CCOC(=O)C1CCCN(C(=O)c2ccccc2N2C(N)=C(C#N)C(c3ccccc3)C(C(=O)OC)=C2C(=O)OC)C1. The smallest absolute Gasteiger partial charge is 0.355 e. The highest BCUT2D eigenvalue weighted by molar-refractivity contribution is 6.08. The monoisotopic (exact) mass is 572 g/mol. The van der Waals surface area contributed by atoms with Crippen molar-refractivity contribution in [1.82, 2.24) is 4.90 Å². The minimum atomic E-state index is -1.04. The van der Waals surface area contributed by atoms with E-state index in [-0.39, 0.29) is 53.0 Å². The highest BCUT2D eigenvalue weighted by Gasteiger charge is 2.44. The molecule has 2 unspecified atom stereocenters. The van der Waals surface area contributed by atoms with Crippen molar-refractivity contribution in [3.8, 4) is 6.07 Å². The fraction of sp³-hybridized carbons (Fsp3) is 0.323. The maximum Gasteiger partial charge on any atom is 0.355 e. The molecule has 0 saturated carbocycles. The molecule has 2 aliphatic rings. The lowest BCUT2D eigenvalue weighted by atomic mass is 9.80. The summed E-state index contributed by atoms with van der Waals surface area (Å²) in [7, 11) is 2.32. The second-order valence-electron chi connectivity index (χ2n) is 9.69. The Balaban J connectivity index is 1.90. The quantitative estimate of drug-likeness (QED) is 0.387. The average molecular weight is 573 g/mol. The van der Waals surface area contributed by atoms with E-state index in [9.17, 15) is 24.4 Å². The number of ether oxygens (including phenoxy) is 3. The number of methoxy groups -OCH3 is 2. The molecule has 1 fully saturated rings.